The first-order chi connectivity index (χ1) is 14.1. The van der Waals surface area contributed by atoms with E-state index < -0.39 is 0 Å². The van der Waals surface area contributed by atoms with Gasteiger partial charge in [-0.25, -0.2) is 0 Å². The zero-order valence-electron chi connectivity index (χ0n) is 17.3. The molecule has 150 valence electrons. The third kappa shape index (κ3) is 4.84. The van der Waals surface area contributed by atoms with Gasteiger partial charge in [-0.1, -0.05) is 48.5 Å². The second kappa shape index (κ2) is 8.76. The highest BCUT2D eigenvalue weighted by atomic mass is 16.2. The molecule has 4 heteroatoms. The van der Waals surface area contributed by atoms with Gasteiger partial charge >= 0.3 is 0 Å². The maximum absolute atomic E-state index is 12.4. The molecule has 1 amide bonds. The van der Waals surface area contributed by atoms with E-state index in [0.29, 0.717) is 6.54 Å². The highest BCUT2D eigenvalue weighted by molar-refractivity contribution is 5.92. The van der Waals surface area contributed by atoms with Crippen molar-refractivity contribution in [2.45, 2.75) is 20.4 Å². The third-order valence-electron chi connectivity index (χ3n) is 5.90. The number of aryl methyl sites for hydroxylation is 2. The van der Waals surface area contributed by atoms with Gasteiger partial charge in [0.25, 0.3) is 0 Å². The van der Waals surface area contributed by atoms with Crippen LogP contribution in [0.2, 0.25) is 0 Å². The van der Waals surface area contributed by atoms with Crippen molar-refractivity contribution in [3.63, 3.8) is 0 Å². The molecule has 1 saturated heterocycles. The molecule has 0 radical (unpaired) electrons. The van der Waals surface area contributed by atoms with Gasteiger partial charge in [-0.2, -0.15) is 0 Å². The van der Waals surface area contributed by atoms with Gasteiger partial charge in [-0.15, -0.1) is 0 Å². The van der Waals surface area contributed by atoms with Crippen LogP contribution in [0, 0.1) is 13.8 Å². The highest BCUT2D eigenvalue weighted by Gasteiger charge is 2.19. The van der Waals surface area contributed by atoms with Crippen LogP contribution in [0.15, 0.2) is 60.7 Å². The molecule has 1 aliphatic heterocycles. The quantitative estimate of drug-likeness (QED) is 0.712. The molecule has 0 atom stereocenters. The fraction of sp³-hybridized carbons (Fsp3) is 0.320. The molecule has 0 aliphatic carbocycles. The third-order valence-corrected chi connectivity index (χ3v) is 5.90. The molecule has 1 heterocycles. The number of hydrogen-bond donors (Lipinski definition) is 1. The zero-order chi connectivity index (χ0) is 20.2. The van der Waals surface area contributed by atoms with Crippen LogP contribution in [-0.4, -0.2) is 48.4 Å². The van der Waals surface area contributed by atoms with Gasteiger partial charge in [-0.05, 0) is 53.4 Å². The summed E-state index contributed by atoms with van der Waals surface area (Å²) in [6.07, 6.45) is 0. The van der Waals surface area contributed by atoms with Crippen molar-refractivity contribution in [3.05, 3.63) is 77.4 Å². The van der Waals surface area contributed by atoms with Gasteiger partial charge in [0, 0.05) is 38.4 Å². The van der Waals surface area contributed by atoms with E-state index in [1.165, 1.54) is 27.5 Å². The van der Waals surface area contributed by atoms with Crippen molar-refractivity contribution in [1.29, 1.82) is 0 Å². The SMILES string of the molecule is Cc1ccc(NC(=O)CN2CCN(Cc3cccc4ccccc34)CC2)cc1C. The molecule has 1 N–H and O–H groups in total. The summed E-state index contributed by atoms with van der Waals surface area (Å²) in [5.74, 6) is 0.0655. The van der Waals surface area contributed by atoms with E-state index in [-0.39, 0.29) is 5.91 Å². The monoisotopic (exact) mass is 387 g/mol. The van der Waals surface area contributed by atoms with Gasteiger partial charge in [0.15, 0.2) is 0 Å². The molecular weight excluding hydrogens is 358 g/mol. The molecule has 0 spiro atoms. The number of rotatable bonds is 5. The van der Waals surface area contributed by atoms with Crippen molar-refractivity contribution in [2.24, 2.45) is 0 Å². The normalized spacial score (nSPS) is 15.5. The number of nitrogens with zero attached hydrogens (tertiary/aromatic N) is 2. The predicted molar refractivity (Wildman–Crippen MR) is 120 cm³/mol. The summed E-state index contributed by atoms with van der Waals surface area (Å²) in [7, 11) is 0. The Kier molecular flexibility index (Phi) is 5.93. The number of hydrogen-bond acceptors (Lipinski definition) is 3. The number of fused-ring (bicyclic) bond motifs is 1. The van der Waals surface area contributed by atoms with Crippen LogP contribution in [0.4, 0.5) is 5.69 Å². The Hall–Kier alpha value is -2.69. The van der Waals surface area contributed by atoms with E-state index in [9.17, 15) is 4.79 Å². The van der Waals surface area contributed by atoms with Crippen LogP contribution in [0.3, 0.4) is 0 Å². The summed E-state index contributed by atoms with van der Waals surface area (Å²) in [5.41, 5.74) is 4.70. The van der Waals surface area contributed by atoms with E-state index >= 15 is 0 Å². The van der Waals surface area contributed by atoms with Crippen molar-refractivity contribution >= 4 is 22.4 Å². The summed E-state index contributed by atoms with van der Waals surface area (Å²) in [6.45, 7) is 9.38. The number of anilines is 1. The Morgan fingerprint density at radius 3 is 2.38 bits per heavy atom. The lowest BCUT2D eigenvalue weighted by Gasteiger charge is -2.34. The van der Waals surface area contributed by atoms with Gasteiger partial charge < -0.3 is 5.32 Å². The molecule has 4 rings (SSSR count). The van der Waals surface area contributed by atoms with Crippen molar-refractivity contribution in [3.8, 4) is 0 Å². The first-order valence-corrected chi connectivity index (χ1v) is 10.4. The Balaban J connectivity index is 1.29. The van der Waals surface area contributed by atoms with Crippen molar-refractivity contribution in [2.75, 3.05) is 38.0 Å². The number of piperazine rings is 1. The van der Waals surface area contributed by atoms with Crippen LogP contribution < -0.4 is 5.32 Å². The number of carbonyl (C=O) groups excluding carboxylic acids is 1. The molecule has 0 unspecified atom stereocenters. The van der Waals surface area contributed by atoms with Crippen LogP contribution in [0.5, 0.6) is 0 Å². The van der Waals surface area contributed by atoms with Crippen molar-refractivity contribution in [1.82, 2.24) is 9.80 Å². The Morgan fingerprint density at radius 1 is 0.862 bits per heavy atom. The lowest BCUT2D eigenvalue weighted by molar-refractivity contribution is -0.117. The van der Waals surface area contributed by atoms with Gasteiger partial charge in [0.2, 0.25) is 5.91 Å². The number of amides is 1. The molecular formula is C25H29N3O. The van der Waals surface area contributed by atoms with Gasteiger partial charge in [0.1, 0.15) is 0 Å². The fourth-order valence-electron chi connectivity index (χ4n) is 4.00. The Morgan fingerprint density at radius 2 is 1.59 bits per heavy atom. The number of nitrogens with one attached hydrogen (secondary N) is 1. The lowest BCUT2D eigenvalue weighted by Crippen LogP contribution is -2.48. The first-order valence-electron chi connectivity index (χ1n) is 10.4. The standard InChI is InChI=1S/C25H29N3O/c1-19-10-11-23(16-20(19)2)26-25(29)18-28-14-12-27(13-15-28)17-22-8-5-7-21-6-3-4-9-24(21)22/h3-11,16H,12-15,17-18H2,1-2H3,(H,26,29). The van der Waals surface area contributed by atoms with E-state index in [4.69, 9.17) is 0 Å². The minimum absolute atomic E-state index is 0.0655. The van der Waals surface area contributed by atoms with Gasteiger partial charge in [-0.3, -0.25) is 14.6 Å². The van der Waals surface area contributed by atoms with E-state index in [1.54, 1.807) is 0 Å². The minimum Gasteiger partial charge on any atom is -0.325 e. The summed E-state index contributed by atoms with van der Waals surface area (Å²) < 4.78 is 0. The molecule has 29 heavy (non-hydrogen) atoms. The summed E-state index contributed by atoms with van der Waals surface area (Å²) in [4.78, 5) is 17.2. The lowest BCUT2D eigenvalue weighted by atomic mass is 10.0. The zero-order valence-corrected chi connectivity index (χ0v) is 17.3. The maximum Gasteiger partial charge on any atom is 0.238 e. The van der Waals surface area contributed by atoms with Crippen LogP contribution in [0.25, 0.3) is 10.8 Å². The molecule has 0 saturated carbocycles. The van der Waals surface area contributed by atoms with E-state index in [2.05, 4.69) is 77.5 Å². The Labute approximate surface area is 173 Å². The van der Waals surface area contributed by atoms with Crippen LogP contribution in [-0.2, 0) is 11.3 Å². The highest BCUT2D eigenvalue weighted by Crippen LogP contribution is 2.20. The molecule has 0 aromatic heterocycles. The average molecular weight is 388 g/mol. The van der Waals surface area contributed by atoms with Crippen molar-refractivity contribution < 1.29 is 4.79 Å². The second-order valence-electron chi connectivity index (χ2n) is 8.04. The topological polar surface area (TPSA) is 35.6 Å². The summed E-state index contributed by atoms with van der Waals surface area (Å²) in [5, 5.41) is 5.67. The second-order valence-corrected chi connectivity index (χ2v) is 8.04. The van der Waals surface area contributed by atoms with Gasteiger partial charge in [0.05, 0.1) is 6.54 Å². The first kappa shape index (κ1) is 19.6. The average Bonchev–Trinajstić information content (AvgIpc) is 2.72. The predicted octanol–water partition coefficient (Wildman–Crippen LogP) is 4.21. The maximum atomic E-state index is 12.4. The smallest absolute Gasteiger partial charge is 0.238 e. The molecule has 0 bridgehead atoms. The molecule has 1 aliphatic rings. The largest absolute Gasteiger partial charge is 0.325 e. The molecule has 4 nitrogen and oxygen atoms in total. The molecule has 3 aromatic carbocycles. The Bertz CT molecular complexity index is 1000. The number of benzene rings is 3. The van der Waals surface area contributed by atoms with E-state index in [0.717, 1.165) is 38.4 Å². The fourth-order valence-corrected chi connectivity index (χ4v) is 4.00. The van der Waals surface area contributed by atoms with Crippen LogP contribution in [0.1, 0.15) is 16.7 Å². The van der Waals surface area contributed by atoms with E-state index in [1.807, 2.05) is 12.1 Å². The van der Waals surface area contributed by atoms with Crippen LogP contribution >= 0.6 is 0 Å². The molecule has 1 fully saturated rings. The minimum atomic E-state index is 0.0655. The molecule has 3 aromatic rings. The number of carbonyl (C=O) groups is 1. The summed E-state index contributed by atoms with van der Waals surface area (Å²) >= 11 is 0. The summed E-state index contributed by atoms with van der Waals surface area (Å²) in [6, 6.07) is 21.2.